The number of hydrogen-bond donors (Lipinski definition) is 0. The third-order valence-corrected chi connectivity index (χ3v) is 5.10. The Morgan fingerprint density at radius 3 is 2.41 bits per heavy atom. The minimum absolute atomic E-state index is 0.0736. The van der Waals surface area contributed by atoms with Crippen LogP contribution in [0.5, 0.6) is 5.75 Å². The average Bonchev–Trinajstić information content (AvgIpc) is 2.93. The molecule has 1 saturated heterocycles. The normalized spacial score (nSPS) is 15.6. The summed E-state index contributed by atoms with van der Waals surface area (Å²) in [6.07, 6.45) is 1.00. The molecule has 1 aliphatic heterocycles. The summed E-state index contributed by atoms with van der Waals surface area (Å²) in [4.78, 5) is 16.9. The van der Waals surface area contributed by atoms with Gasteiger partial charge in [0.1, 0.15) is 5.75 Å². The van der Waals surface area contributed by atoms with Crippen molar-refractivity contribution in [2.45, 2.75) is 32.7 Å². The maximum atomic E-state index is 12.5. The second-order valence-electron chi connectivity index (χ2n) is 7.51. The summed E-state index contributed by atoms with van der Waals surface area (Å²) >= 11 is 0. The fraction of sp³-hybridized carbons (Fsp3) is 0.435. The first-order valence-corrected chi connectivity index (χ1v) is 9.88. The first-order chi connectivity index (χ1) is 13.1. The van der Waals surface area contributed by atoms with Crippen LogP contribution in [0.4, 0.5) is 0 Å². The number of carbonyl (C=O) groups is 1. The fourth-order valence-corrected chi connectivity index (χ4v) is 3.41. The van der Waals surface area contributed by atoms with Gasteiger partial charge in [-0.05, 0) is 35.6 Å². The van der Waals surface area contributed by atoms with Gasteiger partial charge in [0.15, 0.2) is 6.61 Å². The smallest absolute Gasteiger partial charge is 0.260 e. The van der Waals surface area contributed by atoms with E-state index in [-0.39, 0.29) is 12.5 Å². The third kappa shape index (κ3) is 5.83. The van der Waals surface area contributed by atoms with Crippen molar-refractivity contribution in [1.29, 1.82) is 0 Å². The molecule has 0 saturated carbocycles. The van der Waals surface area contributed by atoms with Crippen LogP contribution < -0.4 is 4.74 Å². The molecule has 0 aromatic heterocycles. The Kier molecular flexibility index (Phi) is 6.88. The zero-order chi connectivity index (χ0) is 19.1. The van der Waals surface area contributed by atoms with E-state index in [9.17, 15) is 4.79 Å². The quantitative estimate of drug-likeness (QED) is 0.777. The summed E-state index contributed by atoms with van der Waals surface area (Å²) in [5.41, 5.74) is 2.60. The third-order valence-electron chi connectivity index (χ3n) is 5.10. The van der Waals surface area contributed by atoms with Gasteiger partial charge in [0.25, 0.3) is 5.91 Å². The fourth-order valence-electron chi connectivity index (χ4n) is 3.41. The van der Waals surface area contributed by atoms with Gasteiger partial charge in [-0.3, -0.25) is 9.69 Å². The molecule has 4 heteroatoms. The summed E-state index contributed by atoms with van der Waals surface area (Å²) < 4.78 is 5.71. The molecule has 0 spiro atoms. The van der Waals surface area contributed by atoms with Gasteiger partial charge in [0, 0.05) is 32.7 Å². The Bertz CT molecular complexity index is 713. The van der Waals surface area contributed by atoms with Crippen molar-refractivity contribution in [2.75, 3.05) is 32.8 Å². The van der Waals surface area contributed by atoms with Crippen molar-refractivity contribution in [1.82, 2.24) is 9.80 Å². The molecule has 3 rings (SSSR count). The second kappa shape index (κ2) is 9.56. The SMILES string of the molecule is CC(C)c1ccc(OCC(=O)N2CCCN(Cc3ccccc3)CC2)cc1. The maximum absolute atomic E-state index is 12.5. The predicted octanol–water partition coefficient (Wildman–Crippen LogP) is 3.92. The number of benzene rings is 2. The van der Waals surface area contributed by atoms with Crippen LogP contribution in [-0.2, 0) is 11.3 Å². The maximum Gasteiger partial charge on any atom is 0.260 e. The van der Waals surface area contributed by atoms with Gasteiger partial charge in [-0.15, -0.1) is 0 Å². The molecule has 144 valence electrons. The molecule has 1 fully saturated rings. The highest BCUT2D eigenvalue weighted by Crippen LogP contribution is 2.18. The lowest BCUT2D eigenvalue weighted by molar-refractivity contribution is -0.133. The van der Waals surface area contributed by atoms with Gasteiger partial charge >= 0.3 is 0 Å². The first kappa shape index (κ1) is 19.4. The van der Waals surface area contributed by atoms with Crippen LogP contribution in [0.3, 0.4) is 0 Å². The van der Waals surface area contributed by atoms with Crippen LogP contribution in [0.1, 0.15) is 37.3 Å². The van der Waals surface area contributed by atoms with Crippen molar-refractivity contribution in [2.24, 2.45) is 0 Å². The lowest BCUT2D eigenvalue weighted by Gasteiger charge is -2.22. The second-order valence-corrected chi connectivity index (χ2v) is 7.51. The molecule has 0 bridgehead atoms. The van der Waals surface area contributed by atoms with Crippen LogP contribution in [0, 0.1) is 0 Å². The van der Waals surface area contributed by atoms with Crippen LogP contribution in [0.2, 0.25) is 0 Å². The highest BCUT2D eigenvalue weighted by atomic mass is 16.5. The van der Waals surface area contributed by atoms with E-state index in [2.05, 4.69) is 55.1 Å². The standard InChI is InChI=1S/C23H30N2O2/c1-19(2)21-9-11-22(12-10-21)27-18-23(26)25-14-6-13-24(15-16-25)17-20-7-4-3-5-8-20/h3-5,7-12,19H,6,13-18H2,1-2H3. The summed E-state index contributed by atoms with van der Waals surface area (Å²) in [6.45, 7) is 8.89. The van der Waals surface area contributed by atoms with E-state index in [1.165, 1.54) is 11.1 Å². The summed E-state index contributed by atoms with van der Waals surface area (Å²) in [5.74, 6) is 1.33. The zero-order valence-corrected chi connectivity index (χ0v) is 16.4. The molecule has 0 N–H and O–H groups in total. The molecule has 1 aliphatic rings. The van der Waals surface area contributed by atoms with Crippen LogP contribution in [0.25, 0.3) is 0 Å². The van der Waals surface area contributed by atoms with E-state index in [0.29, 0.717) is 5.92 Å². The van der Waals surface area contributed by atoms with Crippen LogP contribution in [0.15, 0.2) is 54.6 Å². The molecule has 2 aromatic carbocycles. The van der Waals surface area contributed by atoms with E-state index in [4.69, 9.17) is 4.74 Å². The number of rotatable bonds is 6. The van der Waals surface area contributed by atoms with Gasteiger partial charge in [-0.1, -0.05) is 56.3 Å². The van der Waals surface area contributed by atoms with Crippen LogP contribution in [-0.4, -0.2) is 48.5 Å². The molecule has 2 aromatic rings. The van der Waals surface area contributed by atoms with Crippen molar-refractivity contribution in [3.8, 4) is 5.75 Å². The van der Waals surface area contributed by atoms with E-state index < -0.39 is 0 Å². The van der Waals surface area contributed by atoms with Gasteiger partial charge in [-0.25, -0.2) is 0 Å². The van der Waals surface area contributed by atoms with Gasteiger partial charge < -0.3 is 9.64 Å². The molecular weight excluding hydrogens is 336 g/mol. The summed E-state index contributed by atoms with van der Waals surface area (Å²) in [6, 6.07) is 18.6. The Hall–Kier alpha value is -2.33. The molecule has 1 heterocycles. The molecule has 0 aliphatic carbocycles. The molecule has 1 amide bonds. The highest BCUT2D eigenvalue weighted by molar-refractivity contribution is 5.77. The van der Waals surface area contributed by atoms with E-state index in [1.54, 1.807) is 0 Å². The van der Waals surface area contributed by atoms with Crippen molar-refractivity contribution >= 4 is 5.91 Å². The average molecular weight is 367 g/mol. The number of hydrogen-bond acceptors (Lipinski definition) is 3. The molecule has 4 nitrogen and oxygen atoms in total. The lowest BCUT2D eigenvalue weighted by atomic mass is 10.0. The number of amides is 1. The Balaban J connectivity index is 1.46. The van der Waals surface area contributed by atoms with E-state index >= 15 is 0 Å². The van der Waals surface area contributed by atoms with Crippen molar-refractivity contribution in [3.05, 3.63) is 65.7 Å². The Morgan fingerprint density at radius 1 is 0.963 bits per heavy atom. The van der Waals surface area contributed by atoms with E-state index in [1.807, 2.05) is 23.1 Å². The highest BCUT2D eigenvalue weighted by Gasteiger charge is 2.19. The van der Waals surface area contributed by atoms with Crippen molar-refractivity contribution in [3.63, 3.8) is 0 Å². The number of ether oxygens (including phenoxy) is 1. The van der Waals surface area contributed by atoms with Gasteiger partial charge in [-0.2, -0.15) is 0 Å². The zero-order valence-electron chi connectivity index (χ0n) is 16.4. The van der Waals surface area contributed by atoms with Gasteiger partial charge in [0.2, 0.25) is 0 Å². The van der Waals surface area contributed by atoms with Gasteiger partial charge in [0.05, 0.1) is 0 Å². The molecule has 27 heavy (non-hydrogen) atoms. The largest absolute Gasteiger partial charge is 0.484 e. The van der Waals surface area contributed by atoms with Crippen molar-refractivity contribution < 1.29 is 9.53 Å². The summed E-state index contributed by atoms with van der Waals surface area (Å²) in [7, 11) is 0. The van der Waals surface area contributed by atoms with Crippen LogP contribution >= 0.6 is 0 Å². The number of carbonyl (C=O) groups excluding carboxylic acids is 1. The summed E-state index contributed by atoms with van der Waals surface area (Å²) in [5, 5.41) is 0. The van der Waals surface area contributed by atoms with E-state index in [0.717, 1.165) is 44.9 Å². The molecule has 0 atom stereocenters. The minimum Gasteiger partial charge on any atom is -0.484 e. The predicted molar refractivity (Wildman–Crippen MR) is 109 cm³/mol. The molecule has 0 unspecified atom stereocenters. The topological polar surface area (TPSA) is 32.8 Å². The monoisotopic (exact) mass is 366 g/mol. The Labute approximate surface area is 162 Å². The lowest BCUT2D eigenvalue weighted by Crippen LogP contribution is -2.38. The minimum atomic E-state index is 0.0736. The Morgan fingerprint density at radius 2 is 1.70 bits per heavy atom. The molecule has 0 radical (unpaired) electrons. The number of nitrogens with zero attached hydrogens (tertiary/aromatic N) is 2. The first-order valence-electron chi connectivity index (χ1n) is 9.88. The molecular formula is C23H30N2O2.